The Morgan fingerprint density at radius 2 is 1.81 bits per heavy atom. The molecule has 0 unspecified atom stereocenters. The molecule has 1 amide bonds. The van der Waals surface area contributed by atoms with Crippen LogP contribution >= 0.6 is 0 Å². The number of aromatic nitrogens is 2. The van der Waals surface area contributed by atoms with Crippen molar-refractivity contribution >= 4 is 23.0 Å². The van der Waals surface area contributed by atoms with E-state index >= 15 is 0 Å². The Bertz CT molecular complexity index is 1220. The summed E-state index contributed by atoms with van der Waals surface area (Å²) < 4.78 is 0. The van der Waals surface area contributed by atoms with Gasteiger partial charge in [-0.15, -0.1) is 0 Å². The minimum absolute atomic E-state index is 0.276. The van der Waals surface area contributed by atoms with Crippen LogP contribution in [0.3, 0.4) is 0 Å². The van der Waals surface area contributed by atoms with Crippen LogP contribution in [0, 0.1) is 0 Å². The molecule has 2 aromatic heterocycles. The molecule has 1 atom stereocenters. The lowest BCUT2D eigenvalue weighted by Crippen LogP contribution is -2.18. The summed E-state index contributed by atoms with van der Waals surface area (Å²) in [5.41, 5.74) is 7.85. The van der Waals surface area contributed by atoms with Gasteiger partial charge in [-0.3, -0.25) is 9.78 Å². The van der Waals surface area contributed by atoms with Crippen molar-refractivity contribution in [2.75, 3.05) is 0 Å². The summed E-state index contributed by atoms with van der Waals surface area (Å²) in [6.07, 6.45) is 6.05. The van der Waals surface area contributed by atoms with Gasteiger partial charge in [-0.05, 0) is 47.7 Å². The Morgan fingerprint density at radius 3 is 2.55 bits per heavy atom. The first kappa shape index (κ1) is 20.4. The average Bonchev–Trinajstić information content (AvgIpc) is 2.83. The van der Waals surface area contributed by atoms with E-state index < -0.39 is 0 Å². The van der Waals surface area contributed by atoms with Gasteiger partial charge in [0.05, 0.1) is 23.0 Å². The van der Waals surface area contributed by atoms with Gasteiger partial charge in [-0.2, -0.15) is 5.10 Å². The first-order valence-corrected chi connectivity index (χ1v) is 10.4. The molecule has 0 radical (unpaired) electrons. The van der Waals surface area contributed by atoms with Crippen molar-refractivity contribution in [2.24, 2.45) is 5.10 Å². The molecule has 0 aliphatic rings. The smallest absolute Gasteiger partial charge is 0.267 e. The fraction of sp³-hybridized carbons (Fsp3) is 0.154. The van der Waals surface area contributed by atoms with E-state index in [0.717, 1.165) is 34.1 Å². The second kappa shape index (κ2) is 9.30. The molecule has 0 spiro atoms. The molecule has 0 aliphatic carbocycles. The number of nitrogens with one attached hydrogen (secondary N) is 1. The Hall–Kier alpha value is -3.86. The molecular formula is C26H24N4O. The highest BCUT2D eigenvalue weighted by molar-refractivity contribution is 6.07. The summed E-state index contributed by atoms with van der Waals surface area (Å²) in [7, 11) is 0. The van der Waals surface area contributed by atoms with Crippen LogP contribution < -0.4 is 5.43 Å². The Balaban J connectivity index is 1.66. The lowest BCUT2D eigenvalue weighted by Gasteiger charge is -2.11. The van der Waals surface area contributed by atoms with Crippen molar-refractivity contribution in [3.63, 3.8) is 0 Å². The molecule has 0 saturated heterocycles. The summed E-state index contributed by atoms with van der Waals surface area (Å²) in [4.78, 5) is 21.7. The Morgan fingerprint density at radius 1 is 1.06 bits per heavy atom. The van der Waals surface area contributed by atoms with Crippen LogP contribution in [0.15, 0.2) is 84.2 Å². The van der Waals surface area contributed by atoms with Crippen LogP contribution in [0.2, 0.25) is 0 Å². The minimum atomic E-state index is -0.276. The molecule has 154 valence electrons. The number of nitrogens with zero attached hydrogens (tertiary/aromatic N) is 3. The zero-order valence-electron chi connectivity index (χ0n) is 17.6. The van der Waals surface area contributed by atoms with Gasteiger partial charge in [0.2, 0.25) is 0 Å². The van der Waals surface area contributed by atoms with Crippen LogP contribution in [0.25, 0.3) is 22.2 Å². The normalized spacial score (nSPS) is 12.2. The number of pyridine rings is 2. The molecule has 5 heteroatoms. The van der Waals surface area contributed by atoms with E-state index in [1.54, 1.807) is 18.6 Å². The van der Waals surface area contributed by atoms with Crippen LogP contribution in [0.1, 0.15) is 47.7 Å². The lowest BCUT2D eigenvalue weighted by molar-refractivity contribution is 0.0956. The van der Waals surface area contributed by atoms with Crippen LogP contribution in [0.4, 0.5) is 0 Å². The van der Waals surface area contributed by atoms with Gasteiger partial charge in [0.15, 0.2) is 0 Å². The van der Waals surface area contributed by atoms with Gasteiger partial charge >= 0.3 is 0 Å². The third-order valence-electron chi connectivity index (χ3n) is 5.43. The number of amides is 1. The SMILES string of the molecule is CC[C@H](C)c1ccc(-c2cc(C(=O)N/N=C\c3ccncc3)c3ccccc3n2)cc1. The topological polar surface area (TPSA) is 67.2 Å². The fourth-order valence-electron chi connectivity index (χ4n) is 3.40. The van der Waals surface area contributed by atoms with Gasteiger partial charge in [0.1, 0.15) is 0 Å². The molecule has 31 heavy (non-hydrogen) atoms. The Kier molecular flexibility index (Phi) is 6.13. The van der Waals surface area contributed by atoms with Crippen LogP contribution in [0.5, 0.6) is 0 Å². The summed E-state index contributed by atoms with van der Waals surface area (Å²) in [6, 6.07) is 21.5. The van der Waals surface area contributed by atoms with Crippen molar-refractivity contribution in [3.8, 4) is 11.3 Å². The zero-order chi connectivity index (χ0) is 21.6. The maximum Gasteiger partial charge on any atom is 0.272 e. The predicted octanol–water partition coefficient (Wildman–Crippen LogP) is 5.57. The number of para-hydroxylation sites is 1. The van der Waals surface area contributed by atoms with E-state index in [1.807, 2.05) is 42.5 Å². The number of hydrogen-bond donors (Lipinski definition) is 1. The molecule has 0 bridgehead atoms. The average molecular weight is 409 g/mol. The summed E-state index contributed by atoms with van der Waals surface area (Å²) in [6.45, 7) is 4.41. The number of hydrazone groups is 1. The van der Waals surface area contributed by atoms with E-state index in [0.29, 0.717) is 11.5 Å². The van der Waals surface area contributed by atoms with Crippen molar-refractivity contribution in [3.05, 3.63) is 95.8 Å². The van der Waals surface area contributed by atoms with Crippen molar-refractivity contribution in [2.45, 2.75) is 26.2 Å². The molecule has 1 N–H and O–H groups in total. The van der Waals surface area contributed by atoms with Crippen molar-refractivity contribution in [1.82, 2.24) is 15.4 Å². The van der Waals surface area contributed by atoms with Gasteiger partial charge in [0, 0.05) is 23.3 Å². The number of hydrogen-bond acceptors (Lipinski definition) is 4. The second-order valence-corrected chi connectivity index (χ2v) is 7.48. The second-order valence-electron chi connectivity index (χ2n) is 7.48. The predicted molar refractivity (Wildman–Crippen MR) is 125 cm³/mol. The van der Waals surface area contributed by atoms with Gasteiger partial charge in [-0.25, -0.2) is 10.4 Å². The van der Waals surface area contributed by atoms with Gasteiger partial charge in [0.25, 0.3) is 5.91 Å². The molecule has 4 rings (SSSR count). The van der Waals surface area contributed by atoms with Gasteiger partial charge in [-0.1, -0.05) is 56.3 Å². The summed E-state index contributed by atoms with van der Waals surface area (Å²) in [5.74, 6) is 0.236. The summed E-state index contributed by atoms with van der Waals surface area (Å²) in [5, 5.41) is 4.89. The molecule has 0 saturated carbocycles. The molecule has 0 fully saturated rings. The first-order valence-electron chi connectivity index (χ1n) is 10.4. The monoisotopic (exact) mass is 408 g/mol. The van der Waals surface area contributed by atoms with Crippen LogP contribution in [-0.4, -0.2) is 22.1 Å². The number of rotatable bonds is 6. The standard InChI is InChI=1S/C26H24N4O/c1-3-18(2)20-8-10-21(11-9-20)25-16-23(22-6-4-5-7-24(22)29-25)26(31)30-28-17-19-12-14-27-15-13-19/h4-18H,3H2,1-2H3,(H,30,31)/b28-17-/t18-/m0/s1. The molecular weight excluding hydrogens is 384 g/mol. The highest BCUT2D eigenvalue weighted by atomic mass is 16.2. The van der Waals surface area contributed by atoms with Crippen LogP contribution in [-0.2, 0) is 0 Å². The summed E-state index contributed by atoms with van der Waals surface area (Å²) >= 11 is 0. The maximum atomic E-state index is 12.9. The Labute approximate surface area is 181 Å². The highest BCUT2D eigenvalue weighted by Crippen LogP contribution is 2.27. The number of carbonyl (C=O) groups excluding carboxylic acids is 1. The molecule has 2 aromatic carbocycles. The van der Waals surface area contributed by atoms with E-state index in [-0.39, 0.29) is 5.91 Å². The quantitative estimate of drug-likeness (QED) is 0.335. The number of benzene rings is 2. The van der Waals surface area contributed by atoms with Crippen molar-refractivity contribution < 1.29 is 4.79 Å². The van der Waals surface area contributed by atoms with E-state index in [2.05, 4.69) is 53.6 Å². The third-order valence-corrected chi connectivity index (χ3v) is 5.43. The largest absolute Gasteiger partial charge is 0.272 e. The molecule has 4 aromatic rings. The first-order chi connectivity index (χ1) is 15.2. The zero-order valence-corrected chi connectivity index (χ0v) is 17.6. The third kappa shape index (κ3) is 4.67. The lowest BCUT2D eigenvalue weighted by atomic mass is 9.96. The molecule has 0 aliphatic heterocycles. The van der Waals surface area contributed by atoms with E-state index in [4.69, 9.17) is 4.98 Å². The molecule has 2 heterocycles. The van der Waals surface area contributed by atoms with E-state index in [9.17, 15) is 4.79 Å². The highest BCUT2D eigenvalue weighted by Gasteiger charge is 2.14. The number of fused-ring (bicyclic) bond motifs is 1. The fourth-order valence-corrected chi connectivity index (χ4v) is 3.40. The van der Waals surface area contributed by atoms with Gasteiger partial charge < -0.3 is 0 Å². The van der Waals surface area contributed by atoms with E-state index in [1.165, 1.54) is 5.56 Å². The molecule has 5 nitrogen and oxygen atoms in total. The number of carbonyl (C=O) groups is 1. The van der Waals surface area contributed by atoms with Crippen molar-refractivity contribution in [1.29, 1.82) is 0 Å². The minimum Gasteiger partial charge on any atom is -0.267 e. The maximum absolute atomic E-state index is 12.9.